The topological polar surface area (TPSA) is 92.5 Å². The molecule has 0 unspecified atom stereocenters. The van der Waals surface area contributed by atoms with Crippen molar-refractivity contribution in [3.8, 4) is 0 Å². The highest BCUT2D eigenvalue weighted by Gasteiger charge is 2.47. The van der Waals surface area contributed by atoms with Crippen molar-refractivity contribution in [3.05, 3.63) is 17.5 Å². The minimum Gasteiger partial charge on any atom is -0.360 e. The van der Waals surface area contributed by atoms with Crippen LogP contribution in [0.1, 0.15) is 92.8 Å². The summed E-state index contributed by atoms with van der Waals surface area (Å²) in [6.07, 6.45) is 11.0. The predicted molar refractivity (Wildman–Crippen MR) is 108 cm³/mol. The summed E-state index contributed by atoms with van der Waals surface area (Å²) < 4.78 is 33.4. The molecule has 3 atom stereocenters. The molecular formula is C21H31N3O4S. The highest BCUT2D eigenvalue weighted by atomic mass is 32.2. The molecule has 7 nitrogen and oxygen atoms in total. The lowest BCUT2D eigenvalue weighted by Crippen LogP contribution is -2.53. The first kappa shape index (κ1) is 19.5. The van der Waals surface area contributed by atoms with Crippen molar-refractivity contribution < 1.29 is 17.7 Å². The van der Waals surface area contributed by atoms with Crippen molar-refractivity contribution in [1.82, 2.24) is 14.8 Å². The first-order valence-corrected chi connectivity index (χ1v) is 12.9. The van der Waals surface area contributed by atoms with Gasteiger partial charge in [-0.1, -0.05) is 24.4 Å². The van der Waals surface area contributed by atoms with Gasteiger partial charge in [0.05, 0.1) is 5.75 Å². The molecule has 0 spiro atoms. The third-order valence-electron chi connectivity index (χ3n) is 7.23. The average molecular weight is 422 g/mol. The fourth-order valence-electron chi connectivity index (χ4n) is 5.66. The number of nitrogens with zero attached hydrogens (tertiary/aromatic N) is 2. The van der Waals surface area contributed by atoms with Crippen LogP contribution >= 0.6 is 0 Å². The lowest BCUT2D eigenvalue weighted by atomic mass is 9.91. The number of fused-ring (bicyclic) bond motifs is 2. The summed E-state index contributed by atoms with van der Waals surface area (Å²) in [5.41, 5.74) is 0.339. The third-order valence-corrected chi connectivity index (χ3v) is 9.37. The Hall–Kier alpha value is -1.41. The molecule has 3 heterocycles. The van der Waals surface area contributed by atoms with Gasteiger partial charge in [0, 0.05) is 30.1 Å². The molecule has 29 heavy (non-hydrogen) atoms. The van der Waals surface area contributed by atoms with Crippen LogP contribution in [0.3, 0.4) is 0 Å². The van der Waals surface area contributed by atoms with Gasteiger partial charge in [0.2, 0.25) is 10.0 Å². The maximum Gasteiger partial charge on any atom is 0.273 e. The van der Waals surface area contributed by atoms with Gasteiger partial charge in [-0.15, -0.1) is 0 Å². The average Bonchev–Trinajstić information content (AvgIpc) is 3.34. The summed E-state index contributed by atoms with van der Waals surface area (Å²) in [6.45, 7) is 0. The van der Waals surface area contributed by atoms with Gasteiger partial charge in [-0.3, -0.25) is 4.79 Å². The van der Waals surface area contributed by atoms with E-state index in [9.17, 15) is 13.2 Å². The summed E-state index contributed by atoms with van der Waals surface area (Å²) in [6, 6.07) is 1.80. The number of amides is 1. The second-order valence-electron chi connectivity index (χ2n) is 9.53. The van der Waals surface area contributed by atoms with Crippen LogP contribution in [0.4, 0.5) is 0 Å². The van der Waals surface area contributed by atoms with E-state index in [1.807, 2.05) is 4.31 Å². The Labute approximate surface area is 172 Å². The molecule has 2 saturated carbocycles. The van der Waals surface area contributed by atoms with Gasteiger partial charge in [-0.2, -0.15) is 4.31 Å². The number of carbonyl (C=O) groups excluding carboxylic acids is 1. The van der Waals surface area contributed by atoms with Gasteiger partial charge in [-0.05, 0) is 57.3 Å². The zero-order valence-electron chi connectivity index (χ0n) is 16.9. The number of piperidine rings is 1. The van der Waals surface area contributed by atoms with E-state index in [4.69, 9.17) is 4.52 Å². The van der Waals surface area contributed by atoms with Crippen LogP contribution in [0.2, 0.25) is 0 Å². The molecule has 0 aromatic carbocycles. The highest BCUT2D eigenvalue weighted by molar-refractivity contribution is 7.89. The molecule has 1 N–H and O–H groups in total. The van der Waals surface area contributed by atoms with Crippen molar-refractivity contribution in [2.45, 2.75) is 94.7 Å². The Morgan fingerprint density at radius 3 is 2.41 bits per heavy atom. The summed E-state index contributed by atoms with van der Waals surface area (Å²) in [4.78, 5) is 12.6. The molecule has 1 aromatic rings. The monoisotopic (exact) mass is 421 g/mol. The van der Waals surface area contributed by atoms with Crippen LogP contribution in [0.15, 0.2) is 10.6 Å². The molecule has 2 aliphatic carbocycles. The number of carbonyl (C=O) groups is 1. The Morgan fingerprint density at radius 1 is 1.07 bits per heavy atom. The maximum atomic E-state index is 13.2. The molecule has 4 aliphatic rings. The summed E-state index contributed by atoms with van der Waals surface area (Å²) in [5.74, 6) is 1.65. The Bertz CT molecular complexity index is 843. The molecular weight excluding hydrogens is 390 g/mol. The van der Waals surface area contributed by atoms with Crippen molar-refractivity contribution >= 4 is 15.9 Å². The molecule has 8 heteroatoms. The molecule has 2 aliphatic heterocycles. The van der Waals surface area contributed by atoms with E-state index in [0.717, 1.165) is 57.1 Å². The highest BCUT2D eigenvalue weighted by Crippen LogP contribution is 2.41. The van der Waals surface area contributed by atoms with Crippen LogP contribution < -0.4 is 5.32 Å². The first-order valence-electron chi connectivity index (χ1n) is 11.3. The Morgan fingerprint density at radius 2 is 1.76 bits per heavy atom. The third kappa shape index (κ3) is 4.10. The van der Waals surface area contributed by atoms with Crippen molar-refractivity contribution in [3.63, 3.8) is 0 Å². The molecule has 5 rings (SSSR count). The smallest absolute Gasteiger partial charge is 0.273 e. The lowest BCUT2D eigenvalue weighted by molar-refractivity contribution is 0.0900. The van der Waals surface area contributed by atoms with Crippen LogP contribution in [0, 0.1) is 5.92 Å². The maximum absolute atomic E-state index is 13.2. The van der Waals surface area contributed by atoms with Gasteiger partial charge in [0.15, 0.2) is 5.69 Å². The standard InChI is InChI=1S/C21H31N3O4S/c25-21(19-12-20(28-23-19)15-6-7-15)22-16-10-17-8-9-18(11-16)24(17)29(26,27)13-14-4-2-1-3-5-14/h12,14-18H,1-11,13H2,(H,22,25)/t16-,17+,18-. The van der Waals surface area contributed by atoms with Gasteiger partial charge in [0.25, 0.3) is 5.91 Å². The number of sulfonamides is 1. The van der Waals surface area contributed by atoms with E-state index < -0.39 is 10.0 Å². The number of hydrogen-bond donors (Lipinski definition) is 1. The van der Waals surface area contributed by atoms with E-state index in [-0.39, 0.29) is 24.0 Å². The minimum atomic E-state index is -3.23. The van der Waals surface area contributed by atoms with Crippen molar-refractivity contribution in [1.29, 1.82) is 0 Å². The number of nitrogens with one attached hydrogen (secondary N) is 1. The normalized spacial score (nSPS) is 31.1. The lowest BCUT2D eigenvalue weighted by Gasteiger charge is -2.39. The zero-order valence-corrected chi connectivity index (χ0v) is 17.7. The Kier molecular flexibility index (Phi) is 5.18. The van der Waals surface area contributed by atoms with E-state index in [1.54, 1.807) is 6.07 Å². The van der Waals surface area contributed by atoms with Gasteiger partial charge >= 0.3 is 0 Å². The van der Waals surface area contributed by atoms with Gasteiger partial charge in [0.1, 0.15) is 5.76 Å². The molecule has 1 amide bonds. The molecule has 160 valence electrons. The van der Waals surface area contributed by atoms with Crippen LogP contribution in [-0.2, 0) is 10.0 Å². The Balaban J connectivity index is 1.20. The van der Waals surface area contributed by atoms with Gasteiger partial charge in [-0.25, -0.2) is 8.42 Å². The summed E-state index contributed by atoms with van der Waals surface area (Å²) >= 11 is 0. The number of hydrogen-bond acceptors (Lipinski definition) is 5. The van der Waals surface area contributed by atoms with E-state index in [0.29, 0.717) is 36.1 Å². The largest absolute Gasteiger partial charge is 0.360 e. The van der Waals surface area contributed by atoms with E-state index >= 15 is 0 Å². The fourth-order valence-corrected chi connectivity index (χ4v) is 8.05. The predicted octanol–water partition coefficient (Wildman–Crippen LogP) is 3.19. The van der Waals surface area contributed by atoms with Crippen molar-refractivity contribution in [2.24, 2.45) is 5.92 Å². The van der Waals surface area contributed by atoms with E-state index in [2.05, 4.69) is 10.5 Å². The van der Waals surface area contributed by atoms with E-state index in [1.165, 1.54) is 6.42 Å². The number of aromatic nitrogens is 1. The molecule has 2 bridgehead atoms. The number of rotatable bonds is 6. The summed E-state index contributed by atoms with van der Waals surface area (Å²) in [5, 5.41) is 7.00. The zero-order chi connectivity index (χ0) is 20.0. The van der Waals surface area contributed by atoms with Crippen LogP contribution in [-0.4, -0.2) is 47.7 Å². The van der Waals surface area contributed by atoms with Crippen LogP contribution in [0.25, 0.3) is 0 Å². The second-order valence-corrected chi connectivity index (χ2v) is 11.4. The fraction of sp³-hybridized carbons (Fsp3) is 0.810. The second kappa shape index (κ2) is 7.69. The molecule has 1 aromatic heterocycles. The molecule has 2 saturated heterocycles. The molecule has 4 fully saturated rings. The van der Waals surface area contributed by atoms with Gasteiger partial charge < -0.3 is 9.84 Å². The SMILES string of the molecule is O=C(N[C@H]1C[C@H]2CC[C@@H](C1)N2S(=O)(=O)CC1CCCCC1)c1cc(C2CC2)on1. The van der Waals surface area contributed by atoms with Crippen molar-refractivity contribution in [2.75, 3.05) is 5.75 Å². The molecule has 0 radical (unpaired) electrons. The van der Waals surface area contributed by atoms with Crippen LogP contribution in [0.5, 0.6) is 0 Å². The first-order chi connectivity index (χ1) is 14.0. The minimum absolute atomic E-state index is 0.00204. The summed E-state index contributed by atoms with van der Waals surface area (Å²) in [7, 11) is -3.23. The quantitative estimate of drug-likeness (QED) is 0.761.